The van der Waals surface area contributed by atoms with Crippen molar-refractivity contribution in [3.63, 3.8) is 0 Å². The number of aromatic nitrogens is 1. The third-order valence-corrected chi connectivity index (χ3v) is 3.42. The molecular formula is C13H15ClN2O. The molecule has 0 saturated heterocycles. The van der Waals surface area contributed by atoms with E-state index < -0.39 is 0 Å². The van der Waals surface area contributed by atoms with Crippen LogP contribution in [0.4, 0.5) is 0 Å². The van der Waals surface area contributed by atoms with Gasteiger partial charge < -0.3 is 4.74 Å². The molecule has 0 amide bonds. The summed E-state index contributed by atoms with van der Waals surface area (Å²) in [7, 11) is 0. The highest BCUT2D eigenvalue weighted by atomic mass is 35.5. The maximum Gasteiger partial charge on any atom is 0.234 e. The summed E-state index contributed by atoms with van der Waals surface area (Å²) in [6.07, 6.45) is 8.80. The number of hydrogen-bond donors (Lipinski definition) is 0. The molecule has 1 aromatic heterocycles. The molecule has 0 unspecified atom stereocenters. The molecule has 90 valence electrons. The van der Waals surface area contributed by atoms with Gasteiger partial charge in [0.05, 0.1) is 5.56 Å². The molecule has 17 heavy (non-hydrogen) atoms. The van der Waals surface area contributed by atoms with Crippen LogP contribution in [-0.2, 0) is 0 Å². The van der Waals surface area contributed by atoms with Crippen LogP contribution in [0.15, 0.2) is 12.3 Å². The molecule has 0 aliphatic heterocycles. The molecule has 1 saturated carbocycles. The lowest BCUT2D eigenvalue weighted by molar-refractivity contribution is 0.176. The fraction of sp³-hybridized carbons (Fsp3) is 0.538. The average Bonchev–Trinajstić information content (AvgIpc) is 2.60. The van der Waals surface area contributed by atoms with E-state index in [1.54, 1.807) is 12.3 Å². The smallest absolute Gasteiger partial charge is 0.234 e. The van der Waals surface area contributed by atoms with Gasteiger partial charge in [0.25, 0.3) is 0 Å². The lowest BCUT2D eigenvalue weighted by Gasteiger charge is -2.16. The molecule has 0 spiro atoms. The third kappa shape index (κ3) is 3.10. The molecule has 0 aromatic carbocycles. The number of halogens is 1. The lowest BCUT2D eigenvalue weighted by atomic mass is 10.1. The van der Waals surface area contributed by atoms with Gasteiger partial charge in [0.15, 0.2) is 0 Å². The summed E-state index contributed by atoms with van der Waals surface area (Å²) < 4.78 is 5.81. The first-order valence-corrected chi connectivity index (χ1v) is 6.40. The highest BCUT2D eigenvalue weighted by Gasteiger charge is 2.17. The standard InChI is InChI=1S/C13H15ClN2O/c14-12-10(9-15)7-8-16-13(12)17-11-5-3-1-2-4-6-11/h7-8,11H,1-6H2. The Bertz CT molecular complexity index is 420. The Kier molecular flexibility index (Phi) is 4.22. The summed E-state index contributed by atoms with van der Waals surface area (Å²) in [5.74, 6) is 0.401. The van der Waals surface area contributed by atoms with Crippen LogP contribution in [0, 0.1) is 11.3 Å². The molecule has 1 aliphatic rings. The van der Waals surface area contributed by atoms with E-state index in [4.69, 9.17) is 21.6 Å². The zero-order valence-corrected chi connectivity index (χ0v) is 10.4. The van der Waals surface area contributed by atoms with Gasteiger partial charge in [-0.15, -0.1) is 0 Å². The van der Waals surface area contributed by atoms with Crippen LogP contribution in [0.2, 0.25) is 5.02 Å². The van der Waals surface area contributed by atoms with Crippen LogP contribution >= 0.6 is 11.6 Å². The SMILES string of the molecule is N#Cc1ccnc(OC2CCCCCC2)c1Cl. The number of nitrogens with zero attached hydrogens (tertiary/aromatic N) is 2. The Morgan fingerprint density at radius 1 is 1.29 bits per heavy atom. The van der Waals surface area contributed by atoms with E-state index in [0.29, 0.717) is 16.5 Å². The molecule has 1 heterocycles. The monoisotopic (exact) mass is 250 g/mol. The highest BCUT2D eigenvalue weighted by Crippen LogP contribution is 2.28. The van der Waals surface area contributed by atoms with E-state index in [0.717, 1.165) is 12.8 Å². The average molecular weight is 251 g/mol. The van der Waals surface area contributed by atoms with E-state index >= 15 is 0 Å². The predicted molar refractivity (Wildman–Crippen MR) is 66.1 cm³/mol. The van der Waals surface area contributed by atoms with Gasteiger partial charge in [-0.3, -0.25) is 0 Å². The lowest BCUT2D eigenvalue weighted by Crippen LogP contribution is -2.16. The largest absolute Gasteiger partial charge is 0.473 e. The van der Waals surface area contributed by atoms with Crippen molar-refractivity contribution in [3.8, 4) is 11.9 Å². The van der Waals surface area contributed by atoms with E-state index in [1.807, 2.05) is 6.07 Å². The number of hydrogen-bond acceptors (Lipinski definition) is 3. The molecule has 1 aromatic rings. The molecule has 4 heteroatoms. The van der Waals surface area contributed by atoms with Crippen molar-refractivity contribution < 1.29 is 4.74 Å². The van der Waals surface area contributed by atoms with Crippen molar-refractivity contribution in [2.45, 2.75) is 44.6 Å². The summed E-state index contributed by atoms with van der Waals surface area (Å²) >= 11 is 6.06. The quantitative estimate of drug-likeness (QED) is 0.752. The van der Waals surface area contributed by atoms with Crippen molar-refractivity contribution >= 4 is 11.6 Å². The van der Waals surface area contributed by atoms with E-state index in [9.17, 15) is 0 Å². The van der Waals surface area contributed by atoms with Crippen LogP contribution in [-0.4, -0.2) is 11.1 Å². The van der Waals surface area contributed by atoms with Crippen LogP contribution in [0.3, 0.4) is 0 Å². The van der Waals surface area contributed by atoms with E-state index in [-0.39, 0.29) is 6.10 Å². The fourth-order valence-corrected chi connectivity index (χ4v) is 2.31. The maximum absolute atomic E-state index is 8.88. The van der Waals surface area contributed by atoms with Crippen molar-refractivity contribution in [2.75, 3.05) is 0 Å². The van der Waals surface area contributed by atoms with Gasteiger partial charge in [-0.25, -0.2) is 4.98 Å². The van der Waals surface area contributed by atoms with Crippen molar-refractivity contribution in [1.29, 1.82) is 5.26 Å². The second-order valence-electron chi connectivity index (χ2n) is 4.32. The highest BCUT2D eigenvalue weighted by molar-refractivity contribution is 6.32. The fourth-order valence-electron chi connectivity index (χ4n) is 2.11. The van der Waals surface area contributed by atoms with E-state index in [1.165, 1.54) is 25.7 Å². The summed E-state index contributed by atoms with van der Waals surface area (Å²) in [6, 6.07) is 3.63. The van der Waals surface area contributed by atoms with Gasteiger partial charge in [-0.1, -0.05) is 24.4 Å². The minimum Gasteiger partial charge on any atom is -0.473 e. The Labute approximate surface area is 106 Å². The molecule has 1 fully saturated rings. The predicted octanol–water partition coefficient (Wildman–Crippen LogP) is 3.71. The Morgan fingerprint density at radius 2 is 2.00 bits per heavy atom. The first-order valence-electron chi connectivity index (χ1n) is 6.02. The van der Waals surface area contributed by atoms with Gasteiger partial charge in [-0.2, -0.15) is 5.26 Å². The van der Waals surface area contributed by atoms with Gasteiger partial charge >= 0.3 is 0 Å². The first-order chi connectivity index (χ1) is 8.31. The van der Waals surface area contributed by atoms with Gasteiger partial charge in [0, 0.05) is 6.20 Å². The summed E-state index contributed by atoms with van der Waals surface area (Å²) in [5.41, 5.74) is 0.422. The Hall–Kier alpha value is -1.27. The molecule has 0 atom stereocenters. The zero-order chi connectivity index (χ0) is 12.1. The first kappa shape index (κ1) is 12.2. The summed E-state index contributed by atoms with van der Waals surface area (Å²) in [6.45, 7) is 0. The van der Waals surface area contributed by atoms with Crippen molar-refractivity contribution in [1.82, 2.24) is 4.98 Å². The number of pyridine rings is 1. The van der Waals surface area contributed by atoms with Crippen molar-refractivity contribution in [2.24, 2.45) is 0 Å². The molecule has 0 bridgehead atoms. The third-order valence-electron chi connectivity index (χ3n) is 3.06. The number of ether oxygens (including phenoxy) is 1. The molecule has 1 aliphatic carbocycles. The maximum atomic E-state index is 8.88. The molecule has 3 nitrogen and oxygen atoms in total. The van der Waals surface area contributed by atoms with Crippen LogP contribution < -0.4 is 4.74 Å². The minimum absolute atomic E-state index is 0.191. The van der Waals surface area contributed by atoms with Crippen LogP contribution in [0.25, 0.3) is 0 Å². The minimum atomic E-state index is 0.191. The second kappa shape index (κ2) is 5.88. The van der Waals surface area contributed by atoms with Gasteiger partial charge in [-0.05, 0) is 31.7 Å². The molecular weight excluding hydrogens is 236 g/mol. The zero-order valence-electron chi connectivity index (χ0n) is 9.66. The molecule has 2 rings (SSSR count). The van der Waals surface area contributed by atoms with Gasteiger partial charge in [0.2, 0.25) is 5.88 Å². The Balaban J connectivity index is 2.10. The molecule has 0 N–H and O–H groups in total. The number of nitriles is 1. The topological polar surface area (TPSA) is 45.9 Å². The Morgan fingerprint density at radius 3 is 2.65 bits per heavy atom. The van der Waals surface area contributed by atoms with Crippen LogP contribution in [0.5, 0.6) is 5.88 Å². The summed E-state index contributed by atoms with van der Waals surface area (Å²) in [5, 5.41) is 9.21. The van der Waals surface area contributed by atoms with Crippen LogP contribution in [0.1, 0.15) is 44.1 Å². The van der Waals surface area contributed by atoms with Crippen molar-refractivity contribution in [3.05, 3.63) is 22.8 Å². The second-order valence-corrected chi connectivity index (χ2v) is 4.70. The normalized spacial score (nSPS) is 17.2. The number of rotatable bonds is 2. The van der Waals surface area contributed by atoms with Gasteiger partial charge in [0.1, 0.15) is 17.2 Å². The van der Waals surface area contributed by atoms with E-state index in [2.05, 4.69) is 4.98 Å². The molecule has 0 radical (unpaired) electrons. The summed E-state index contributed by atoms with van der Waals surface area (Å²) in [4.78, 5) is 4.11.